The Balaban J connectivity index is 2.14. The molecule has 1 aliphatic rings. The normalized spacial score (nSPS) is 13.5. The molecule has 2 N–H and O–H groups in total. The molecule has 22 heavy (non-hydrogen) atoms. The third kappa shape index (κ3) is 4.94. The molecule has 0 bridgehead atoms. The molecule has 0 aromatic heterocycles. The van der Waals surface area contributed by atoms with E-state index < -0.39 is 0 Å². The minimum Gasteiger partial charge on any atom is -0.382 e. The van der Waals surface area contributed by atoms with Crippen molar-refractivity contribution in [3.63, 3.8) is 0 Å². The number of carbonyl (C=O) groups is 2. The van der Waals surface area contributed by atoms with Gasteiger partial charge in [-0.05, 0) is 36.8 Å². The van der Waals surface area contributed by atoms with Gasteiger partial charge >= 0.3 is 0 Å². The third-order valence-electron chi connectivity index (χ3n) is 3.37. The molecule has 1 saturated carbocycles. The Morgan fingerprint density at radius 2 is 2.23 bits per heavy atom. The number of benzene rings is 1. The van der Waals surface area contributed by atoms with Crippen molar-refractivity contribution in [1.82, 2.24) is 5.32 Å². The smallest absolute Gasteiger partial charge is 0.216 e. The van der Waals surface area contributed by atoms with Crippen LogP contribution >= 0.6 is 11.8 Å². The fraction of sp³-hybridized carbons (Fsp3) is 0.500. The first-order chi connectivity index (χ1) is 10.6. The van der Waals surface area contributed by atoms with Gasteiger partial charge in [0.15, 0.2) is 0 Å². The molecule has 1 fully saturated rings. The van der Waals surface area contributed by atoms with Gasteiger partial charge in [0.25, 0.3) is 0 Å². The quantitative estimate of drug-likeness (QED) is 0.542. The Labute approximate surface area is 135 Å². The molecule has 0 saturated heterocycles. The maximum absolute atomic E-state index is 11.5. The van der Waals surface area contributed by atoms with E-state index in [0.717, 1.165) is 28.4 Å². The van der Waals surface area contributed by atoms with E-state index >= 15 is 0 Å². The summed E-state index contributed by atoms with van der Waals surface area (Å²) in [5, 5.41) is 6.18. The third-order valence-corrected chi connectivity index (χ3v) is 4.32. The molecule has 120 valence electrons. The monoisotopic (exact) mass is 321 g/mol. The van der Waals surface area contributed by atoms with E-state index in [9.17, 15) is 9.59 Å². The van der Waals surface area contributed by atoms with Crippen LogP contribution in [0.25, 0.3) is 0 Å². The summed E-state index contributed by atoms with van der Waals surface area (Å²) in [6, 6.07) is 6.72. The highest BCUT2D eigenvalue weighted by Gasteiger charge is 2.21. The highest BCUT2D eigenvalue weighted by molar-refractivity contribution is 7.99. The molecule has 6 heteroatoms. The summed E-state index contributed by atoms with van der Waals surface area (Å²) in [6.45, 7) is 4.48. The average molecular weight is 321 g/mol. The van der Waals surface area contributed by atoms with Crippen LogP contribution < -0.4 is 15.5 Å². The second-order valence-corrected chi connectivity index (χ2v) is 6.62. The lowest BCUT2D eigenvalue weighted by atomic mass is 10.2. The summed E-state index contributed by atoms with van der Waals surface area (Å²) in [7, 11) is 0. The van der Waals surface area contributed by atoms with E-state index in [0.29, 0.717) is 19.1 Å². The van der Waals surface area contributed by atoms with Crippen molar-refractivity contribution in [1.29, 1.82) is 0 Å². The van der Waals surface area contributed by atoms with Gasteiger partial charge in [0, 0.05) is 36.6 Å². The first kappa shape index (κ1) is 16.7. The number of nitrogens with one attached hydrogen (secondary N) is 2. The zero-order valence-electron chi connectivity index (χ0n) is 13.1. The Kier molecular flexibility index (Phi) is 6.12. The first-order valence-electron chi connectivity index (χ1n) is 7.63. The van der Waals surface area contributed by atoms with E-state index in [1.54, 1.807) is 16.7 Å². The van der Waals surface area contributed by atoms with Crippen LogP contribution in [-0.2, 0) is 9.59 Å². The Hall–Kier alpha value is -1.69. The van der Waals surface area contributed by atoms with Crippen molar-refractivity contribution in [2.75, 3.05) is 29.1 Å². The van der Waals surface area contributed by atoms with E-state index in [2.05, 4.69) is 29.7 Å². The number of nitrogens with zero attached hydrogens (tertiary/aromatic N) is 1. The van der Waals surface area contributed by atoms with Gasteiger partial charge in [-0.15, -0.1) is 11.8 Å². The number of hydrogen-bond acceptors (Lipinski definition) is 4. The van der Waals surface area contributed by atoms with Crippen molar-refractivity contribution in [3.05, 3.63) is 18.2 Å². The van der Waals surface area contributed by atoms with Crippen LogP contribution in [0.1, 0.15) is 26.7 Å². The number of rotatable bonds is 9. The summed E-state index contributed by atoms with van der Waals surface area (Å²) in [6.07, 6.45) is 3.25. The molecule has 1 aromatic rings. The van der Waals surface area contributed by atoms with Crippen LogP contribution in [0.15, 0.2) is 23.1 Å². The molecule has 0 unspecified atom stereocenters. The highest BCUT2D eigenvalue weighted by atomic mass is 32.2. The Bertz CT molecular complexity index is 532. The molecule has 2 amide bonds. The average Bonchev–Trinajstić information content (AvgIpc) is 3.29. The van der Waals surface area contributed by atoms with Gasteiger partial charge in [-0.1, -0.05) is 6.92 Å². The minimum absolute atomic E-state index is 0.0850. The number of carbonyl (C=O) groups excluding carboxylic acids is 2. The van der Waals surface area contributed by atoms with Crippen LogP contribution in [0, 0.1) is 0 Å². The van der Waals surface area contributed by atoms with Gasteiger partial charge in [0.1, 0.15) is 0 Å². The number of amides is 2. The zero-order chi connectivity index (χ0) is 15.9. The zero-order valence-corrected chi connectivity index (χ0v) is 13.9. The largest absolute Gasteiger partial charge is 0.382 e. The molecule has 0 spiro atoms. The van der Waals surface area contributed by atoms with E-state index in [-0.39, 0.29) is 5.91 Å². The minimum atomic E-state index is -0.0850. The predicted octanol–water partition coefficient (Wildman–Crippen LogP) is 2.47. The van der Waals surface area contributed by atoms with E-state index in [1.807, 2.05) is 6.07 Å². The van der Waals surface area contributed by atoms with E-state index in [4.69, 9.17) is 0 Å². The van der Waals surface area contributed by atoms with Gasteiger partial charge in [-0.25, -0.2) is 0 Å². The van der Waals surface area contributed by atoms with Crippen molar-refractivity contribution in [3.8, 4) is 0 Å². The maximum Gasteiger partial charge on any atom is 0.216 e. The molecular formula is C16H23N3O2S. The molecule has 1 aromatic carbocycles. The van der Waals surface area contributed by atoms with Crippen LogP contribution in [0.3, 0.4) is 0 Å². The number of hydrogen-bond donors (Lipinski definition) is 2. The van der Waals surface area contributed by atoms with Gasteiger partial charge in [-0.2, -0.15) is 0 Å². The lowest BCUT2D eigenvalue weighted by Gasteiger charge is -2.22. The van der Waals surface area contributed by atoms with Crippen molar-refractivity contribution < 1.29 is 9.59 Å². The second kappa shape index (κ2) is 8.08. The van der Waals surface area contributed by atoms with Crippen molar-refractivity contribution >= 4 is 35.5 Å². The highest BCUT2D eigenvalue weighted by Crippen LogP contribution is 2.34. The summed E-state index contributed by atoms with van der Waals surface area (Å²) < 4.78 is 0. The van der Waals surface area contributed by atoms with Crippen LogP contribution in [0.4, 0.5) is 11.4 Å². The standard InChI is InChI=1S/C16H23N3O2S/c1-3-22-16-7-6-14(18-13-4-5-13)10-15(16)19(11-20)9-8-17-12(2)21/h6-7,10-11,13,18H,3-5,8-9H2,1-2H3,(H,17,21). The number of anilines is 2. The second-order valence-electron chi connectivity index (χ2n) is 5.32. The fourth-order valence-corrected chi connectivity index (χ4v) is 2.95. The SMILES string of the molecule is CCSc1ccc(NC2CC2)cc1N(C=O)CCNC(C)=O. The maximum atomic E-state index is 11.5. The number of thioether (sulfide) groups is 1. The summed E-state index contributed by atoms with van der Waals surface area (Å²) in [5.74, 6) is 0.860. The Morgan fingerprint density at radius 3 is 2.82 bits per heavy atom. The van der Waals surface area contributed by atoms with Crippen LogP contribution in [0.5, 0.6) is 0 Å². The fourth-order valence-electron chi connectivity index (χ4n) is 2.15. The van der Waals surface area contributed by atoms with Crippen LogP contribution in [0.2, 0.25) is 0 Å². The van der Waals surface area contributed by atoms with Crippen LogP contribution in [-0.4, -0.2) is 37.2 Å². The molecule has 1 aliphatic carbocycles. The lowest BCUT2D eigenvalue weighted by Crippen LogP contribution is -2.33. The van der Waals surface area contributed by atoms with Crippen molar-refractivity contribution in [2.45, 2.75) is 37.6 Å². The molecule has 0 radical (unpaired) electrons. The lowest BCUT2D eigenvalue weighted by molar-refractivity contribution is -0.119. The van der Waals surface area contributed by atoms with Crippen molar-refractivity contribution in [2.24, 2.45) is 0 Å². The molecule has 0 heterocycles. The Morgan fingerprint density at radius 1 is 1.45 bits per heavy atom. The first-order valence-corrected chi connectivity index (χ1v) is 8.62. The van der Waals surface area contributed by atoms with Gasteiger partial charge in [-0.3, -0.25) is 9.59 Å². The topological polar surface area (TPSA) is 61.4 Å². The predicted molar refractivity (Wildman–Crippen MR) is 91.6 cm³/mol. The summed E-state index contributed by atoms with van der Waals surface area (Å²) in [4.78, 5) is 25.2. The van der Waals surface area contributed by atoms with Gasteiger partial charge in [0.2, 0.25) is 12.3 Å². The van der Waals surface area contributed by atoms with E-state index in [1.165, 1.54) is 19.8 Å². The summed E-state index contributed by atoms with van der Waals surface area (Å²) >= 11 is 1.71. The van der Waals surface area contributed by atoms with Gasteiger partial charge in [0.05, 0.1) is 5.69 Å². The molecule has 0 atom stereocenters. The molecule has 5 nitrogen and oxygen atoms in total. The van der Waals surface area contributed by atoms with Gasteiger partial charge < -0.3 is 15.5 Å². The summed E-state index contributed by atoms with van der Waals surface area (Å²) in [5.41, 5.74) is 1.95. The molecular weight excluding hydrogens is 298 g/mol. The molecule has 0 aliphatic heterocycles. The molecule has 2 rings (SSSR count).